The lowest BCUT2D eigenvalue weighted by atomic mass is 10.1. The number of hydrogen-bond acceptors (Lipinski definition) is 3. The molecule has 1 fully saturated rings. The predicted octanol–water partition coefficient (Wildman–Crippen LogP) is 2.66. The van der Waals surface area contributed by atoms with E-state index < -0.39 is 10.8 Å². The second-order valence-corrected chi connectivity index (χ2v) is 7.01. The molecular weight excluding hydrogens is 300 g/mol. The van der Waals surface area contributed by atoms with Crippen LogP contribution in [0.15, 0.2) is 16.6 Å². The first-order valence-corrected chi connectivity index (χ1v) is 8.01. The Balaban J connectivity index is 2.08. The van der Waals surface area contributed by atoms with Crippen LogP contribution in [0.4, 0.5) is 11.4 Å². The third kappa shape index (κ3) is 3.22. The molecule has 0 amide bonds. The summed E-state index contributed by atoms with van der Waals surface area (Å²) in [5.74, 6) is 1.62. The molecule has 0 spiro atoms. The van der Waals surface area contributed by atoms with Gasteiger partial charge in [0.1, 0.15) is 0 Å². The van der Waals surface area contributed by atoms with Gasteiger partial charge in [0.15, 0.2) is 0 Å². The molecule has 3 N–H and O–H groups in total. The normalized spacial score (nSPS) is 24.6. The van der Waals surface area contributed by atoms with Gasteiger partial charge >= 0.3 is 0 Å². The number of hydrogen-bond donors (Lipinski definition) is 2. The van der Waals surface area contributed by atoms with Gasteiger partial charge in [0.2, 0.25) is 0 Å². The van der Waals surface area contributed by atoms with Crippen molar-refractivity contribution in [2.24, 2.45) is 0 Å². The topological polar surface area (TPSA) is 55.1 Å². The standard InChI is InChI=1S/C12H17BrN2OS/c1-8-6-12(10(13)7-11(8)14)15-9-2-4-17(16)5-3-9/h6-7,9,15H,2-5,14H2,1H3. The summed E-state index contributed by atoms with van der Waals surface area (Å²) in [6, 6.07) is 4.41. The van der Waals surface area contributed by atoms with Crippen molar-refractivity contribution in [3.8, 4) is 0 Å². The Hall–Kier alpha value is -0.550. The highest BCUT2D eigenvalue weighted by atomic mass is 79.9. The van der Waals surface area contributed by atoms with Gasteiger partial charge in [-0.05, 0) is 53.4 Å². The third-order valence-corrected chi connectivity index (χ3v) is 5.14. The summed E-state index contributed by atoms with van der Waals surface area (Å²) in [5.41, 5.74) is 8.80. The van der Waals surface area contributed by atoms with Gasteiger partial charge in [-0.15, -0.1) is 0 Å². The Morgan fingerprint density at radius 1 is 1.41 bits per heavy atom. The minimum Gasteiger partial charge on any atom is -0.398 e. The number of benzene rings is 1. The molecule has 3 nitrogen and oxygen atoms in total. The monoisotopic (exact) mass is 316 g/mol. The summed E-state index contributed by atoms with van der Waals surface area (Å²) < 4.78 is 12.3. The molecule has 0 atom stereocenters. The molecule has 0 bridgehead atoms. The maximum Gasteiger partial charge on any atom is 0.0490 e. The van der Waals surface area contributed by atoms with Gasteiger partial charge in [0.05, 0.1) is 0 Å². The van der Waals surface area contributed by atoms with Crippen LogP contribution in [-0.4, -0.2) is 21.8 Å². The van der Waals surface area contributed by atoms with Gasteiger partial charge in [-0.2, -0.15) is 0 Å². The molecule has 0 aliphatic carbocycles. The highest BCUT2D eigenvalue weighted by Crippen LogP contribution is 2.29. The molecule has 1 aliphatic heterocycles. The fourth-order valence-corrected chi connectivity index (χ4v) is 3.74. The van der Waals surface area contributed by atoms with Crippen molar-refractivity contribution in [1.29, 1.82) is 0 Å². The Morgan fingerprint density at radius 3 is 2.71 bits per heavy atom. The summed E-state index contributed by atoms with van der Waals surface area (Å²) in [4.78, 5) is 0. The van der Waals surface area contributed by atoms with Crippen LogP contribution in [0.1, 0.15) is 18.4 Å². The fraction of sp³-hybridized carbons (Fsp3) is 0.500. The van der Waals surface area contributed by atoms with E-state index >= 15 is 0 Å². The van der Waals surface area contributed by atoms with E-state index in [2.05, 4.69) is 27.3 Å². The van der Waals surface area contributed by atoms with Crippen molar-refractivity contribution in [3.63, 3.8) is 0 Å². The molecule has 1 heterocycles. The number of nitrogen functional groups attached to an aromatic ring is 1. The maximum atomic E-state index is 11.3. The zero-order valence-corrected chi connectivity index (χ0v) is 12.2. The largest absolute Gasteiger partial charge is 0.398 e. The van der Waals surface area contributed by atoms with Crippen LogP contribution in [0, 0.1) is 6.92 Å². The third-order valence-electron chi connectivity index (χ3n) is 3.10. The number of aryl methyl sites for hydroxylation is 1. The van der Waals surface area contributed by atoms with E-state index in [1.54, 1.807) is 0 Å². The van der Waals surface area contributed by atoms with E-state index in [9.17, 15) is 4.21 Å². The van der Waals surface area contributed by atoms with Gasteiger partial charge in [-0.1, -0.05) is 0 Å². The van der Waals surface area contributed by atoms with Gasteiger partial charge in [-0.25, -0.2) is 0 Å². The quantitative estimate of drug-likeness (QED) is 0.825. The number of rotatable bonds is 2. The second-order valence-electron chi connectivity index (χ2n) is 4.46. The van der Waals surface area contributed by atoms with E-state index in [-0.39, 0.29) is 0 Å². The average molecular weight is 317 g/mol. The molecule has 0 aromatic heterocycles. The highest BCUT2D eigenvalue weighted by Gasteiger charge is 2.18. The lowest BCUT2D eigenvalue weighted by Crippen LogP contribution is -2.29. The summed E-state index contributed by atoms with van der Waals surface area (Å²) in [6.45, 7) is 2.00. The lowest BCUT2D eigenvalue weighted by Gasteiger charge is -2.24. The minimum atomic E-state index is -0.604. The van der Waals surface area contributed by atoms with E-state index in [0.29, 0.717) is 6.04 Å². The Morgan fingerprint density at radius 2 is 2.06 bits per heavy atom. The first-order chi connectivity index (χ1) is 8.06. The molecule has 17 heavy (non-hydrogen) atoms. The molecular formula is C12H17BrN2OS. The van der Waals surface area contributed by atoms with Crippen LogP contribution in [-0.2, 0) is 10.8 Å². The van der Waals surface area contributed by atoms with Gasteiger partial charge in [0.25, 0.3) is 0 Å². The smallest absolute Gasteiger partial charge is 0.0490 e. The predicted molar refractivity (Wildman–Crippen MR) is 77.8 cm³/mol. The summed E-state index contributed by atoms with van der Waals surface area (Å²) in [7, 11) is -0.604. The van der Waals surface area contributed by atoms with Crippen LogP contribution in [0.2, 0.25) is 0 Å². The van der Waals surface area contributed by atoms with Gasteiger partial charge < -0.3 is 11.1 Å². The average Bonchev–Trinajstić information content (AvgIpc) is 2.29. The molecule has 1 saturated heterocycles. The zero-order valence-electron chi connectivity index (χ0n) is 9.83. The molecule has 1 aromatic rings. The Labute approximate surface area is 113 Å². The van der Waals surface area contributed by atoms with Crippen molar-refractivity contribution >= 4 is 38.1 Å². The van der Waals surface area contributed by atoms with Crippen LogP contribution in [0.25, 0.3) is 0 Å². The Bertz CT molecular complexity index is 440. The van der Waals surface area contributed by atoms with Crippen molar-refractivity contribution in [3.05, 3.63) is 22.2 Å². The summed E-state index contributed by atoms with van der Waals surface area (Å²) in [5, 5.41) is 3.50. The van der Waals surface area contributed by atoms with Crippen LogP contribution >= 0.6 is 15.9 Å². The first-order valence-electron chi connectivity index (χ1n) is 5.73. The second kappa shape index (κ2) is 5.40. The van der Waals surface area contributed by atoms with E-state index in [0.717, 1.165) is 45.8 Å². The summed E-state index contributed by atoms with van der Waals surface area (Å²) in [6.07, 6.45) is 1.95. The number of nitrogens with one attached hydrogen (secondary N) is 1. The van der Waals surface area contributed by atoms with Crippen molar-refractivity contribution in [2.45, 2.75) is 25.8 Å². The van der Waals surface area contributed by atoms with E-state index in [4.69, 9.17) is 5.73 Å². The SMILES string of the molecule is Cc1cc(NC2CCS(=O)CC2)c(Br)cc1N. The molecule has 2 rings (SSSR count). The van der Waals surface area contributed by atoms with Crippen LogP contribution < -0.4 is 11.1 Å². The van der Waals surface area contributed by atoms with E-state index in [1.165, 1.54) is 0 Å². The molecule has 5 heteroatoms. The molecule has 1 aliphatic rings. The van der Waals surface area contributed by atoms with E-state index in [1.807, 2.05) is 13.0 Å². The highest BCUT2D eigenvalue weighted by molar-refractivity contribution is 9.10. The van der Waals surface area contributed by atoms with Crippen molar-refractivity contribution in [1.82, 2.24) is 0 Å². The molecule has 0 unspecified atom stereocenters. The van der Waals surface area contributed by atoms with Crippen LogP contribution in [0.5, 0.6) is 0 Å². The molecule has 94 valence electrons. The number of anilines is 2. The Kier molecular flexibility index (Phi) is 4.09. The minimum absolute atomic E-state index is 0.423. The van der Waals surface area contributed by atoms with Crippen LogP contribution in [0.3, 0.4) is 0 Å². The summed E-state index contributed by atoms with van der Waals surface area (Å²) >= 11 is 3.52. The van der Waals surface area contributed by atoms with Gasteiger partial charge in [0, 0.05) is 44.2 Å². The number of halogens is 1. The fourth-order valence-electron chi connectivity index (χ4n) is 1.97. The van der Waals surface area contributed by atoms with Gasteiger partial charge in [-0.3, -0.25) is 4.21 Å². The molecule has 1 aromatic carbocycles. The molecule has 0 radical (unpaired) electrons. The lowest BCUT2D eigenvalue weighted by molar-refractivity contribution is 0.624. The van der Waals surface area contributed by atoms with Crippen molar-refractivity contribution in [2.75, 3.05) is 22.6 Å². The molecule has 0 saturated carbocycles. The maximum absolute atomic E-state index is 11.3. The number of nitrogens with two attached hydrogens (primary N) is 1. The van der Waals surface area contributed by atoms with Crippen molar-refractivity contribution < 1.29 is 4.21 Å². The first kappa shape index (κ1) is 12.9. The zero-order chi connectivity index (χ0) is 12.4.